The quantitative estimate of drug-likeness (QED) is 0.624. The van der Waals surface area contributed by atoms with Gasteiger partial charge in [0.15, 0.2) is 10.8 Å². The van der Waals surface area contributed by atoms with Crippen molar-refractivity contribution in [2.45, 2.75) is 32.4 Å². The fourth-order valence-electron chi connectivity index (χ4n) is 4.61. The van der Waals surface area contributed by atoms with Crippen LogP contribution in [0.25, 0.3) is 10.3 Å². The molecule has 3 aromatic rings. The summed E-state index contributed by atoms with van der Waals surface area (Å²) in [4.78, 5) is 50.8. The SMILES string of the molecule is CNC(=O)[C@@H]1CCCN(c2nc3ncn(CC(=O)N4CCc5ccccc5C4)c(=O)c3s2)C1. The number of piperidine rings is 1. The van der Waals surface area contributed by atoms with Crippen molar-refractivity contribution < 1.29 is 9.59 Å². The molecule has 1 atom stereocenters. The van der Waals surface area contributed by atoms with Crippen LogP contribution in [0.15, 0.2) is 35.4 Å². The molecule has 0 radical (unpaired) electrons. The largest absolute Gasteiger partial charge is 0.359 e. The van der Waals surface area contributed by atoms with Gasteiger partial charge in [-0.05, 0) is 30.4 Å². The van der Waals surface area contributed by atoms with E-state index in [-0.39, 0.29) is 29.8 Å². The lowest BCUT2D eigenvalue weighted by Crippen LogP contribution is -2.42. The molecule has 1 saturated heterocycles. The van der Waals surface area contributed by atoms with Gasteiger partial charge in [-0.1, -0.05) is 35.6 Å². The number of benzene rings is 1. The zero-order valence-corrected chi connectivity index (χ0v) is 19.3. The first-order chi connectivity index (χ1) is 16.0. The Morgan fingerprint density at radius 1 is 1.21 bits per heavy atom. The number of nitrogens with one attached hydrogen (secondary N) is 1. The minimum atomic E-state index is -0.255. The Morgan fingerprint density at radius 2 is 2.03 bits per heavy atom. The van der Waals surface area contributed by atoms with Gasteiger partial charge < -0.3 is 15.1 Å². The number of fused-ring (bicyclic) bond motifs is 2. The molecule has 2 aliphatic rings. The van der Waals surface area contributed by atoms with Gasteiger partial charge in [-0.15, -0.1) is 0 Å². The fraction of sp³-hybridized carbons (Fsp3) is 0.435. The van der Waals surface area contributed by atoms with E-state index in [0.29, 0.717) is 35.1 Å². The topological polar surface area (TPSA) is 100 Å². The van der Waals surface area contributed by atoms with Gasteiger partial charge in [0.2, 0.25) is 11.8 Å². The molecular formula is C23H26N6O3S. The number of carbonyl (C=O) groups excluding carboxylic acids is 2. The maximum absolute atomic E-state index is 13.1. The van der Waals surface area contributed by atoms with Gasteiger partial charge in [0.05, 0.1) is 5.92 Å². The third-order valence-electron chi connectivity index (χ3n) is 6.47. The van der Waals surface area contributed by atoms with Crippen molar-refractivity contribution >= 4 is 38.6 Å². The normalized spacial score (nSPS) is 18.3. The van der Waals surface area contributed by atoms with Gasteiger partial charge in [0.1, 0.15) is 17.6 Å². The van der Waals surface area contributed by atoms with E-state index in [4.69, 9.17) is 0 Å². The van der Waals surface area contributed by atoms with E-state index in [9.17, 15) is 14.4 Å². The van der Waals surface area contributed by atoms with Gasteiger partial charge in [0, 0.05) is 33.2 Å². The molecule has 0 bridgehead atoms. The first-order valence-electron chi connectivity index (χ1n) is 11.2. The van der Waals surface area contributed by atoms with E-state index < -0.39 is 0 Å². The highest BCUT2D eigenvalue weighted by molar-refractivity contribution is 7.22. The van der Waals surface area contributed by atoms with E-state index in [0.717, 1.165) is 31.4 Å². The Morgan fingerprint density at radius 3 is 2.85 bits per heavy atom. The van der Waals surface area contributed by atoms with Crippen LogP contribution in [0.5, 0.6) is 0 Å². The van der Waals surface area contributed by atoms with E-state index in [2.05, 4.69) is 26.3 Å². The van der Waals surface area contributed by atoms with Crippen LogP contribution in [0, 0.1) is 5.92 Å². The Labute approximate surface area is 195 Å². The Bertz CT molecular complexity index is 1270. The molecule has 1 N–H and O–H groups in total. The number of carbonyl (C=O) groups is 2. The average molecular weight is 467 g/mol. The number of thiazole rings is 1. The van der Waals surface area contributed by atoms with E-state index in [1.54, 1.807) is 11.9 Å². The smallest absolute Gasteiger partial charge is 0.273 e. The summed E-state index contributed by atoms with van der Waals surface area (Å²) in [6.07, 6.45) is 3.96. The molecule has 33 heavy (non-hydrogen) atoms. The van der Waals surface area contributed by atoms with Crippen molar-refractivity contribution in [3.05, 3.63) is 52.1 Å². The van der Waals surface area contributed by atoms with Crippen LogP contribution in [0.1, 0.15) is 24.0 Å². The highest BCUT2D eigenvalue weighted by Crippen LogP contribution is 2.29. The second-order valence-corrected chi connectivity index (χ2v) is 9.54. The molecule has 2 aliphatic heterocycles. The van der Waals surface area contributed by atoms with Crippen molar-refractivity contribution in [1.29, 1.82) is 0 Å². The standard InChI is InChI=1S/C23H26N6O3S/c1-24-21(31)17-7-4-9-28(12-17)23-26-20-19(33-23)22(32)29(14-25-20)13-18(30)27-10-8-15-5-2-3-6-16(15)11-27/h2-3,5-6,14,17H,4,7-13H2,1H3,(H,24,31)/t17-/m1/s1. The lowest BCUT2D eigenvalue weighted by atomic mass is 9.98. The first kappa shape index (κ1) is 21.6. The molecular weight excluding hydrogens is 440 g/mol. The molecule has 10 heteroatoms. The molecule has 0 aliphatic carbocycles. The summed E-state index contributed by atoms with van der Waals surface area (Å²) < 4.78 is 1.81. The first-order valence-corrected chi connectivity index (χ1v) is 12.0. The maximum Gasteiger partial charge on any atom is 0.273 e. The van der Waals surface area contributed by atoms with Gasteiger partial charge in [-0.3, -0.25) is 19.0 Å². The average Bonchev–Trinajstić information content (AvgIpc) is 3.30. The number of hydrogen-bond donors (Lipinski definition) is 1. The number of aromatic nitrogens is 3. The molecule has 0 unspecified atom stereocenters. The number of rotatable bonds is 4. The highest BCUT2D eigenvalue weighted by Gasteiger charge is 2.28. The summed E-state index contributed by atoms with van der Waals surface area (Å²) >= 11 is 1.28. The van der Waals surface area contributed by atoms with Crippen molar-refractivity contribution in [3.8, 4) is 0 Å². The summed E-state index contributed by atoms with van der Waals surface area (Å²) in [5.41, 5.74) is 2.56. The molecule has 1 aromatic carbocycles. The summed E-state index contributed by atoms with van der Waals surface area (Å²) in [6, 6.07) is 8.14. The molecule has 0 spiro atoms. The maximum atomic E-state index is 13.1. The molecule has 172 valence electrons. The number of hydrogen-bond acceptors (Lipinski definition) is 7. The number of anilines is 1. The Balaban J connectivity index is 1.33. The molecule has 0 saturated carbocycles. The fourth-order valence-corrected chi connectivity index (χ4v) is 5.61. The van der Waals surface area contributed by atoms with Crippen LogP contribution in [0.3, 0.4) is 0 Å². The van der Waals surface area contributed by atoms with E-state index >= 15 is 0 Å². The van der Waals surface area contributed by atoms with Crippen molar-refractivity contribution in [2.24, 2.45) is 5.92 Å². The molecule has 9 nitrogen and oxygen atoms in total. The predicted octanol–water partition coefficient (Wildman–Crippen LogP) is 1.40. The van der Waals surface area contributed by atoms with Crippen LogP contribution in [-0.4, -0.2) is 57.9 Å². The Hall–Kier alpha value is -3.27. The third kappa shape index (κ3) is 4.22. The summed E-state index contributed by atoms with van der Waals surface area (Å²) in [5.74, 6) is -0.158. The molecule has 1 fully saturated rings. The van der Waals surface area contributed by atoms with Gasteiger partial charge in [-0.2, -0.15) is 4.98 Å². The Kier molecular flexibility index (Phi) is 5.84. The third-order valence-corrected chi connectivity index (χ3v) is 7.56. The van der Waals surface area contributed by atoms with Crippen LogP contribution >= 0.6 is 11.3 Å². The lowest BCUT2D eigenvalue weighted by Gasteiger charge is -2.31. The lowest BCUT2D eigenvalue weighted by molar-refractivity contribution is -0.132. The van der Waals surface area contributed by atoms with Gasteiger partial charge in [0.25, 0.3) is 5.56 Å². The second kappa shape index (κ2) is 8.93. The minimum absolute atomic E-state index is 0.0279. The van der Waals surface area contributed by atoms with Crippen LogP contribution in [-0.2, 0) is 29.1 Å². The highest BCUT2D eigenvalue weighted by atomic mass is 32.1. The van der Waals surface area contributed by atoms with E-state index in [1.807, 2.05) is 18.2 Å². The van der Waals surface area contributed by atoms with Crippen LogP contribution < -0.4 is 15.8 Å². The van der Waals surface area contributed by atoms with Crippen molar-refractivity contribution in [2.75, 3.05) is 31.6 Å². The zero-order chi connectivity index (χ0) is 22.9. The van der Waals surface area contributed by atoms with Crippen molar-refractivity contribution in [1.82, 2.24) is 24.8 Å². The van der Waals surface area contributed by atoms with Crippen LogP contribution in [0.2, 0.25) is 0 Å². The second-order valence-electron chi connectivity index (χ2n) is 8.56. The van der Waals surface area contributed by atoms with Crippen LogP contribution in [0.4, 0.5) is 5.13 Å². The van der Waals surface area contributed by atoms with Gasteiger partial charge >= 0.3 is 0 Å². The van der Waals surface area contributed by atoms with Crippen molar-refractivity contribution in [3.63, 3.8) is 0 Å². The van der Waals surface area contributed by atoms with Gasteiger partial charge in [-0.25, -0.2) is 4.98 Å². The molecule has 5 rings (SSSR count). The summed E-state index contributed by atoms with van der Waals surface area (Å²) in [7, 11) is 1.65. The number of nitrogens with zero attached hydrogens (tertiary/aromatic N) is 5. The monoisotopic (exact) mass is 466 g/mol. The minimum Gasteiger partial charge on any atom is -0.359 e. The number of amides is 2. The molecule has 2 amide bonds. The zero-order valence-electron chi connectivity index (χ0n) is 18.5. The summed E-state index contributed by atoms with van der Waals surface area (Å²) in [6.45, 7) is 2.52. The van der Waals surface area contributed by atoms with E-state index in [1.165, 1.54) is 27.8 Å². The molecule has 4 heterocycles. The molecule has 2 aromatic heterocycles. The predicted molar refractivity (Wildman–Crippen MR) is 126 cm³/mol. The summed E-state index contributed by atoms with van der Waals surface area (Å²) in [5, 5.41) is 3.41.